The van der Waals surface area contributed by atoms with Crippen molar-refractivity contribution in [1.29, 1.82) is 0 Å². The van der Waals surface area contributed by atoms with Gasteiger partial charge in [0.15, 0.2) is 5.82 Å². The zero-order valence-electron chi connectivity index (χ0n) is 18.9. The number of carbonyl (C=O) groups excluding carboxylic acids is 1. The number of aromatic nitrogens is 2. The average molecular weight is 450 g/mol. The molecule has 0 atom stereocenters. The number of hydrogen-bond acceptors (Lipinski definition) is 7. The first kappa shape index (κ1) is 22.2. The molecule has 1 aliphatic rings. The maximum Gasteiger partial charge on any atom is 0.321 e. The summed E-state index contributed by atoms with van der Waals surface area (Å²) in [5, 5.41) is 11.7. The molecule has 0 unspecified atom stereocenters. The fourth-order valence-corrected chi connectivity index (χ4v) is 3.67. The third-order valence-electron chi connectivity index (χ3n) is 5.57. The number of nitrogens with one attached hydrogen (secondary N) is 1. The zero-order valence-corrected chi connectivity index (χ0v) is 18.9. The second kappa shape index (κ2) is 10.1. The van der Waals surface area contributed by atoms with Crippen LogP contribution in [-0.2, 0) is 0 Å². The van der Waals surface area contributed by atoms with Crippen LogP contribution >= 0.6 is 0 Å². The molecule has 0 aliphatic carbocycles. The lowest BCUT2D eigenvalue weighted by Gasteiger charge is -2.35. The van der Waals surface area contributed by atoms with E-state index in [1.165, 1.54) is 0 Å². The van der Waals surface area contributed by atoms with Gasteiger partial charge in [-0.3, -0.25) is 0 Å². The Kier molecular flexibility index (Phi) is 6.77. The lowest BCUT2D eigenvalue weighted by atomic mass is 10.1. The van der Waals surface area contributed by atoms with Crippen molar-refractivity contribution in [1.82, 2.24) is 15.1 Å². The van der Waals surface area contributed by atoms with E-state index in [-0.39, 0.29) is 6.03 Å². The van der Waals surface area contributed by atoms with Gasteiger partial charge in [0.1, 0.15) is 17.2 Å². The molecule has 1 aliphatic heterocycles. The van der Waals surface area contributed by atoms with Crippen molar-refractivity contribution in [2.75, 3.05) is 57.7 Å². The SMILES string of the molecule is COc1ccc(NC(=O)N2CCN(c3ccc(-c4cc(OC)ccc4OC)nn3)CC2)cc1. The molecule has 1 saturated heterocycles. The molecular formula is C24H27N5O4. The summed E-state index contributed by atoms with van der Waals surface area (Å²) in [6.45, 7) is 2.53. The molecule has 3 aromatic rings. The predicted molar refractivity (Wildman–Crippen MR) is 126 cm³/mol. The van der Waals surface area contributed by atoms with E-state index in [1.807, 2.05) is 54.6 Å². The minimum atomic E-state index is -0.119. The van der Waals surface area contributed by atoms with Gasteiger partial charge in [-0.15, -0.1) is 10.2 Å². The van der Waals surface area contributed by atoms with Gasteiger partial charge in [0.25, 0.3) is 0 Å². The summed E-state index contributed by atoms with van der Waals surface area (Å²) in [7, 11) is 4.86. The smallest absolute Gasteiger partial charge is 0.321 e. The summed E-state index contributed by atoms with van der Waals surface area (Å²) in [6.07, 6.45) is 0. The van der Waals surface area contributed by atoms with Gasteiger partial charge in [-0.05, 0) is 54.6 Å². The molecule has 2 aromatic carbocycles. The highest BCUT2D eigenvalue weighted by Crippen LogP contribution is 2.32. The molecule has 1 N–H and O–H groups in total. The summed E-state index contributed by atoms with van der Waals surface area (Å²) in [5.41, 5.74) is 2.25. The number of nitrogens with zero attached hydrogens (tertiary/aromatic N) is 4. The topological polar surface area (TPSA) is 89.1 Å². The molecule has 9 nitrogen and oxygen atoms in total. The molecule has 1 aromatic heterocycles. The first-order valence-corrected chi connectivity index (χ1v) is 10.6. The summed E-state index contributed by atoms with van der Waals surface area (Å²) in [5.74, 6) is 2.95. The van der Waals surface area contributed by atoms with Gasteiger partial charge in [0.2, 0.25) is 0 Å². The summed E-state index contributed by atoms with van der Waals surface area (Å²) in [4.78, 5) is 16.5. The molecule has 9 heteroatoms. The summed E-state index contributed by atoms with van der Waals surface area (Å²) in [6, 6.07) is 16.6. The van der Waals surface area contributed by atoms with E-state index in [1.54, 1.807) is 26.2 Å². The van der Waals surface area contributed by atoms with Crippen LogP contribution < -0.4 is 24.4 Å². The van der Waals surface area contributed by atoms with E-state index in [0.717, 1.165) is 28.6 Å². The Hall–Kier alpha value is -4.01. The third kappa shape index (κ3) is 5.08. The molecule has 4 rings (SSSR count). The highest BCUT2D eigenvalue weighted by molar-refractivity contribution is 5.89. The van der Waals surface area contributed by atoms with Gasteiger partial charge < -0.3 is 29.3 Å². The van der Waals surface area contributed by atoms with Crippen LogP contribution in [0.1, 0.15) is 0 Å². The van der Waals surface area contributed by atoms with E-state index >= 15 is 0 Å². The number of piperazine rings is 1. The molecule has 0 saturated carbocycles. The Bertz CT molecular complexity index is 1080. The van der Waals surface area contributed by atoms with E-state index < -0.39 is 0 Å². The molecular weight excluding hydrogens is 422 g/mol. The quantitative estimate of drug-likeness (QED) is 0.616. The predicted octanol–water partition coefficient (Wildman–Crippen LogP) is 3.52. The molecule has 172 valence electrons. The number of methoxy groups -OCH3 is 3. The Labute approximate surface area is 192 Å². The Morgan fingerprint density at radius 3 is 2.12 bits per heavy atom. The largest absolute Gasteiger partial charge is 0.497 e. The number of rotatable bonds is 6. The van der Waals surface area contributed by atoms with Crippen molar-refractivity contribution in [3.8, 4) is 28.5 Å². The average Bonchev–Trinajstić information content (AvgIpc) is 2.89. The summed E-state index contributed by atoms with van der Waals surface area (Å²) < 4.78 is 15.9. The van der Waals surface area contributed by atoms with Crippen LogP contribution in [0.4, 0.5) is 16.3 Å². The molecule has 2 amide bonds. The van der Waals surface area contributed by atoms with Crippen LogP contribution in [-0.4, -0.2) is 68.6 Å². The standard InChI is InChI=1S/C24H27N5O4/c1-31-18-6-4-17(5-7-18)25-24(30)29-14-12-28(13-15-29)23-11-9-21(26-27-23)20-16-19(32-2)8-10-22(20)33-3/h4-11,16H,12-15H2,1-3H3,(H,25,30). The van der Waals surface area contributed by atoms with E-state index in [0.29, 0.717) is 37.6 Å². The maximum absolute atomic E-state index is 12.6. The number of urea groups is 1. The Balaban J connectivity index is 1.36. The number of amides is 2. The molecule has 2 heterocycles. The normalized spacial score (nSPS) is 13.4. The zero-order chi connectivity index (χ0) is 23.2. The maximum atomic E-state index is 12.6. The van der Waals surface area contributed by atoms with Crippen LogP contribution in [0, 0.1) is 0 Å². The molecule has 0 spiro atoms. The minimum Gasteiger partial charge on any atom is -0.497 e. The number of hydrogen-bond donors (Lipinski definition) is 1. The lowest BCUT2D eigenvalue weighted by Crippen LogP contribution is -2.50. The van der Waals surface area contributed by atoms with Crippen molar-refractivity contribution < 1.29 is 19.0 Å². The fourth-order valence-electron chi connectivity index (χ4n) is 3.67. The lowest BCUT2D eigenvalue weighted by molar-refractivity contribution is 0.208. The van der Waals surface area contributed by atoms with Gasteiger partial charge >= 0.3 is 6.03 Å². The van der Waals surface area contributed by atoms with Crippen LogP contribution in [0.3, 0.4) is 0 Å². The van der Waals surface area contributed by atoms with Crippen LogP contribution in [0.2, 0.25) is 0 Å². The van der Waals surface area contributed by atoms with Gasteiger partial charge in [-0.1, -0.05) is 0 Å². The minimum absolute atomic E-state index is 0.119. The molecule has 0 radical (unpaired) electrons. The molecule has 1 fully saturated rings. The fraction of sp³-hybridized carbons (Fsp3) is 0.292. The van der Waals surface area contributed by atoms with Gasteiger partial charge in [-0.25, -0.2) is 4.79 Å². The van der Waals surface area contributed by atoms with E-state index in [4.69, 9.17) is 14.2 Å². The van der Waals surface area contributed by atoms with Crippen LogP contribution in [0.15, 0.2) is 54.6 Å². The van der Waals surface area contributed by atoms with Crippen molar-refractivity contribution in [2.45, 2.75) is 0 Å². The van der Waals surface area contributed by atoms with Gasteiger partial charge in [0, 0.05) is 37.4 Å². The molecule has 0 bridgehead atoms. The van der Waals surface area contributed by atoms with E-state index in [9.17, 15) is 4.79 Å². The number of carbonyl (C=O) groups is 1. The Morgan fingerprint density at radius 1 is 0.818 bits per heavy atom. The van der Waals surface area contributed by atoms with Crippen molar-refractivity contribution in [3.05, 3.63) is 54.6 Å². The summed E-state index contributed by atoms with van der Waals surface area (Å²) >= 11 is 0. The number of anilines is 2. The monoisotopic (exact) mass is 449 g/mol. The second-order valence-corrected chi connectivity index (χ2v) is 7.48. The van der Waals surface area contributed by atoms with Crippen molar-refractivity contribution in [2.24, 2.45) is 0 Å². The third-order valence-corrected chi connectivity index (χ3v) is 5.57. The van der Waals surface area contributed by atoms with Gasteiger partial charge in [0.05, 0.1) is 27.0 Å². The number of benzene rings is 2. The highest BCUT2D eigenvalue weighted by Gasteiger charge is 2.22. The van der Waals surface area contributed by atoms with Crippen molar-refractivity contribution in [3.63, 3.8) is 0 Å². The first-order valence-electron chi connectivity index (χ1n) is 10.6. The molecule has 33 heavy (non-hydrogen) atoms. The van der Waals surface area contributed by atoms with E-state index in [2.05, 4.69) is 20.4 Å². The van der Waals surface area contributed by atoms with Gasteiger partial charge in [-0.2, -0.15) is 0 Å². The highest BCUT2D eigenvalue weighted by atomic mass is 16.5. The second-order valence-electron chi connectivity index (χ2n) is 7.48. The van der Waals surface area contributed by atoms with Crippen LogP contribution in [0.5, 0.6) is 17.2 Å². The first-order chi connectivity index (χ1) is 16.1. The number of ether oxygens (including phenoxy) is 3. The van der Waals surface area contributed by atoms with Crippen molar-refractivity contribution >= 4 is 17.5 Å². The van der Waals surface area contributed by atoms with Crippen LogP contribution in [0.25, 0.3) is 11.3 Å². The Morgan fingerprint density at radius 2 is 1.52 bits per heavy atom.